The Labute approximate surface area is 112 Å². The van der Waals surface area contributed by atoms with Crippen LogP contribution >= 0.6 is 0 Å². The number of hydrogen-bond donors (Lipinski definition) is 0. The lowest BCUT2D eigenvalue weighted by molar-refractivity contribution is 0.103. The van der Waals surface area contributed by atoms with Crippen LogP contribution < -0.4 is 0 Å². The molecule has 0 heterocycles. The molecule has 1 nitrogen and oxygen atoms in total. The van der Waals surface area contributed by atoms with Gasteiger partial charge < -0.3 is 0 Å². The van der Waals surface area contributed by atoms with Crippen molar-refractivity contribution in [1.29, 1.82) is 0 Å². The number of rotatable bonds is 3. The molecule has 0 aromatic heterocycles. The molecule has 100 valence electrons. The topological polar surface area (TPSA) is 17.1 Å². The summed E-state index contributed by atoms with van der Waals surface area (Å²) in [5.41, 5.74) is 1.47. The fourth-order valence-corrected chi connectivity index (χ4v) is 1.24. The fourth-order valence-electron chi connectivity index (χ4n) is 1.24. The lowest BCUT2D eigenvalue weighted by Crippen LogP contribution is -2.00. The molecule has 0 fully saturated rings. The van der Waals surface area contributed by atoms with Gasteiger partial charge in [-0.25, -0.2) is 0 Å². The lowest BCUT2D eigenvalue weighted by Gasteiger charge is -2.00. The Balaban J connectivity index is 0. The van der Waals surface area contributed by atoms with Gasteiger partial charge in [-0.15, -0.1) is 0 Å². The van der Waals surface area contributed by atoms with Gasteiger partial charge in [0.05, 0.1) is 0 Å². The van der Waals surface area contributed by atoms with Crippen LogP contribution in [0.3, 0.4) is 0 Å². The Kier molecular flexibility index (Phi) is 14.0. The average Bonchev–Trinajstić information content (AvgIpc) is 2.49. The summed E-state index contributed by atoms with van der Waals surface area (Å²) in [6.45, 7) is 11.8. The molecule has 0 saturated carbocycles. The Bertz CT molecular complexity index is 358. The minimum atomic E-state index is 0.0752. The molecule has 0 spiro atoms. The molecule has 0 aliphatic heterocycles. The molecule has 0 aliphatic carbocycles. The van der Waals surface area contributed by atoms with Crippen LogP contribution in [-0.4, -0.2) is 5.78 Å². The van der Waals surface area contributed by atoms with Gasteiger partial charge in [-0.2, -0.15) is 0 Å². The van der Waals surface area contributed by atoms with Crippen molar-refractivity contribution in [2.45, 2.75) is 41.5 Å². The van der Waals surface area contributed by atoms with Crippen molar-refractivity contribution in [3.8, 4) is 0 Å². The highest BCUT2D eigenvalue weighted by Crippen LogP contribution is 2.09. The molecule has 0 atom stereocenters. The van der Waals surface area contributed by atoms with Crippen molar-refractivity contribution >= 4 is 5.78 Å². The largest absolute Gasteiger partial charge is 0.289 e. The molecule has 1 aromatic rings. The second-order valence-electron chi connectivity index (χ2n) is 2.94. The lowest BCUT2D eigenvalue weighted by atomic mass is 10.0. The number of hydrogen-bond acceptors (Lipinski definition) is 1. The first-order valence-electron chi connectivity index (χ1n) is 6.68. The van der Waals surface area contributed by atoms with Gasteiger partial charge >= 0.3 is 0 Å². The standard InChI is InChI=1S/C13H14O.2C2H6/c1-3-8-11(4-2)13(14)12-9-6-5-7-10-12;2*1-2/h3-10H,1-2H3;2*1-2H3/b8-3-,11-4+;;. The van der Waals surface area contributed by atoms with E-state index in [1.165, 1.54) is 0 Å². The minimum Gasteiger partial charge on any atom is -0.289 e. The van der Waals surface area contributed by atoms with Gasteiger partial charge in [-0.3, -0.25) is 4.79 Å². The number of carbonyl (C=O) groups excluding carboxylic acids is 1. The summed E-state index contributed by atoms with van der Waals surface area (Å²) in [5.74, 6) is 0.0752. The molecule has 0 amide bonds. The zero-order valence-electron chi connectivity index (χ0n) is 12.5. The van der Waals surface area contributed by atoms with Gasteiger partial charge in [0.15, 0.2) is 5.78 Å². The highest BCUT2D eigenvalue weighted by atomic mass is 16.1. The zero-order valence-corrected chi connectivity index (χ0v) is 12.5. The summed E-state index contributed by atoms with van der Waals surface area (Å²) in [6, 6.07) is 9.30. The normalized spacial score (nSPS) is 10.0. The summed E-state index contributed by atoms with van der Waals surface area (Å²) in [7, 11) is 0. The molecule has 18 heavy (non-hydrogen) atoms. The van der Waals surface area contributed by atoms with E-state index in [0.717, 1.165) is 11.1 Å². The Morgan fingerprint density at radius 1 is 0.944 bits per heavy atom. The third kappa shape index (κ3) is 6.85. The first-order chi connectivity index (χ1) is 8.79. The summed E-state index contributed by atoms with van der Waals surface area (Å²) in [4.78, 5) is 11.8. The molecule has 0 aliphatic rings. The van der Waals surface area contributed by atoms with E-state index in [-0.39, 0.29) is 5.78 Å². The van der Waals surface area contributed by atoms with Gasteiger partial charge in [-0.05, 0) is 13.8 Å². The number of allylic oxidation sites excluding steroid dienone is 4. The average molecular weight is 246 g/mol. The Hall–Kier alpha value is -1.63. The smallest absolute Gasteiger partial charge is 0.192 e. The number of Topliss-reactive ketones (excluding diaryl/α,β-unsaturated/α-hetero) is 1. The predicted molar refractivity (Wildman–Crippen MR) is 82.0 cm³/mol. The highest BCUT2D eigenvalue weighted by Gasteiger charge is 2.06. The summed E-state index contributed by atoms with van der Waals surface area (Å²) < 4.78 is 0. The Morgan fingerprint density at radius 2 is 1.44 bits per heavy atom. The zero-order chi connectivity index (χ0) is 14.4. The number of ketones is 1. The molecule has 0 radical (unpaired) electrons. The fraction of sp³-hybridized carbons (Fsp3) is 0.353. The maximum atomic E-state index is 11.8. The van der Waals surface area contributed by atoms with Crippen LogP contribution in [0.15, 0.2) is 54.1 Å². The van der Waals surface area contributed by atoms with Gasteiger partial charge in [-0.1, -0.05) is 76.3 Å². The third-order valence-corrected chi connectivity index (χ3v) is 1.96. The van der Waals surface area contributed by atoms with Crippen molar-refractivity contribution in [3.05, 3.63) is 59.7 Å². The van der Waals surface area contributed by atoms with E-state index in [9.17, 15) is 4.79 Å². The van der Waals surface area contributed by atoms with E-state index in [4.69, 9.17) is 0 Å². The number of benzene rings is 1. The second kappa shape index (κ2) is 13.4. The van der Waals surface area contributed by atoms with Crippen LogP contribution in [0, 0.1) is 0 Å². The number of carbonyl (C=O) groups is 1. The molecule has 0 bridgehead atoms. The van der Waals surface area contributed by atoms with Gasteiger partial charge in [0.1, 0.15) is 0 Å². The van der Waals surface area contributed by atoms with Gasteiger partial charge in [0.2, 0.25) is 0 Å². The van der Waals surface area contributed by atoms with E-state index in [1.807, 2.05) is 90.1 Å². The van der Waals surface area contributed by atoms with Crippen LogP contribution in [0.2, 0.25) is 0 Å². The van der Waals surface area contributed by atoms with Crippen LogP contribution in [0.5, 0.6) is 0 Å². The van der Waals surface area contributed by atoms with Gasteiger partial charge in [0, 0.05) is 11.1 Å². The third-order valence-electron chi connectivity index (χ3n) is 1.96. The highest BCUT2D eigenvalue weighted by molar-refractivity contribution is 6.10. The molecule has 0 saturated heterocycles. The monoisotopic (exact) mass is 246 g/mol. The molecule has 1 heteroatoms. The van der Waals surface area contributed by atoms with E-state index in [2.05, 4.69) is 0 Å². The van der Waals surface area contributed by atoms with Crippen molar-refractivity contribution < 1.29 is 4.79 Å². The maximum Gasteiger partial charge on any atom is 0.192 e. The van der Waals surface area contributed by atoms with Crippen molar-refractivity contribution in [3.63, 3.8) is 0 Å². The van der Waals surface area contributed by atoms with Crippen LogP contribution in [0.1, 0.15) is 51.9 Å². The summed E-state index contributed by atoms with van der Waals surface area (Å²) in [6.07, 6.45) is 5.53. The first kappa shape index (κ1) is 18.7. The molecule has 0 unspecified atom stereocenters. The predicted octanol–water partition coefficient (Wildman–Crippen LogP) is 5.44. The quantitative estimate of drug-likeness (QED) is 0.394. The minimum absolute atomic E-state index is 0.0752. The van der Waals surface area contributed by atoms with E-state index >= 15 is 0 Å². The Morgan fingerprint density at radius 3 is 1.83 bits per heavy atom. The van der Waals surface area contributed by atoms with Crippen molar-refractivity contribution in [2.24, 2.45) is 0 Å². The van der Waals surface area contributed by atoms with Crippen molar-refractivity contribution in [1.82, 2.24) is 0 Å². The van der Waals surface area contributed by atoms with E-state index in [0.29, 0.717) is 0 Å². The van der Waals surface area contributed by atoms with Crippen molar-refractivity contribution in [2.75, 3.05) is 0 Å². The SMILES string of the molecule is C/C=C\C(=C/C)C(=O)c1ccccc1.CC.CC. The molecular formula is C17H26O. The molecule has 1 aromatic carbocycles. The van der Waals surface area contributed by atoms with Crippen LogP contribution in [-0.2, 0) is 0 Å². The molecule has 0 N–H and O–H groups in total. The van der Waals surface area contributed by atoms with Crippen LogP contribution in [0.25, 0.3) is 0 Å². The van der Waals surface area contributed by atoms with E-state index < -0.39 is 0 Å². The summed E-state index contributed by atoms with van der Waals surface area (Å²) >= 11 is 0. The maximum absolute atomic E-state index is 11.8. The summed E-state index contributed by atoms with van der Waals surface area (Å²) in [5, 5.41) is 0. The van der Waals surface area contributed by atoms with E-state index in [1.54, 1.807) is 0 Å². The van der Waals surface area contributed by atoms with Crippen LogP contribution in [0.4, 0.5) is 0 Å². The first-order valence-corrected chi connectivity index (χ1v) is 6.68. The van der Waals surface area contributed by atoms with Gasteiger partial charge in [0.25, 0.3) is 0 Å². The molecular weight excluding hydrogens is 220 g/mol. The molecule has 1 rings (SSSR count). The second-order valence-corrected chi connectivity index (χ2v) is 2.94.